The molecule has 1 fully saturated rings. The molecule has 8 nitrogen and oxygen atoms in total. The number of hydrogen-bond acceptors (Lipinski definition) is 9. The van der Waals surface area contributed by atoms with Gasteiger partial charge in [-0.2, -0.15) is 0 Å². The fourth-order valence-corrected chi connectivity index (χ4v) is 3.80. The summed E-state index contributed by atoms with van der Waals surface area (Å²) < 4.78 is 21.6. The Labute approximate surface area is 145 Å². The summed E-state index contributed by atoms with van der Waals surface area (Å²) in [4.78, 5) is 38.6. The van der Waals surface area contributed by atoms with E-state index < -0.39 is 42.3 Å². The van der Waals surface area contributed by atoms with E-state index in [9.17, 15) is 14.4 Å². The molecule has 0 aromatic heterocycles. The molecule has 2 unspecified atom stereocenters. The molecule has 0 aliphatic carbocycles. The lowest BCUT2D eigenvalue weighted by atomic mass is 9.97. The molecule has 0 aromatic carbocycles. The Bertz CT molecular complexity index is 555. The molecule has 1 saturated heterocycles. The molecule has 0 N–H and O–H groups in total. The number of thioether (sulfide) groups is 1. The van der Waals surface area contributed by atoms with Crippen molar-refractivity contribution in [3.63, 3.8) is 0 Å². The number of nitrogens with zero attached hydrogens (tertiary/aromatic N) is 1. The summed E-state index contributed by atoms with van der Waals surface area (Å²) in [5.41, 5.74) is -0.378. The van der Waals surface area contributed by atoms with E-state index in [-0.39, 0.29) is 12.0 Å². The molecule has 2 aliphatic heterocycles. The van der Waals surface area contributed by atoms with Crippen LogP contribution in [-0.4, -0.2) is 67.2 Å². The van der Waals surface area contributed by atoms with Crippen LogP contribution in [0, 0.1) is 0 Å². The zero-order valence-electron chi connectivity index (χ0n) is 14.0. The van der Waals surface area contributed by atoms with Crippen LogP contribution in [0.5, 0.6) is 0 Å². The third-order valence-electron chi connectivity index (χ3n) is 3.52. The van der Waals surface area contributed by atoms with Crippen molar-refractivity contribution >= 4 is 42.6 Å². The maximum absolute atomic E-state index is 11.5. The highest BCUT2D eigenvalue weighted by molar-refractivity contribution is 8.14. The van der Waals surface area contributed by atoms with Crippen LogP contribution in [0.15, 0.2) is 4.99 Å². The second-order valence-corrected chi connectivity index (χ2v) is 6.65. The molecule has 24 heavy (non-hydrogen) atoms. The minimum atomic E-state index is -0.896. The Morgan fingerprint density at radius 1 is 1.12 bits per heavy atom. The van der Waals surface area contributed by atoms with Gasteiger partial charge in [-0.3, -0.25) is 19.4 Å². The molecule has 10 heteroatoms. The highest BCUT2D eigenvalue weighted by atomic mass is 32.2. The Hall–Kier alpha value is -1.55. The monoisotopic (exact) mass is 357 g/mol. The Balaban J connectivity index is 2.27. The lowest BCUT2D eigenvalue weighted by molar-refractivity contribution is -0.208. The van der Waals surface area contributed by atoms with Crippen molar-refractivity contribution in [1.29, 1.82) is 0 Å². The molecule has 132 valence electrons. The number of ether oxygens (including phenoxy) is 4. The van der Waals surface area contributed by atoms with Crippen LogP contribution in [0.2, 0.25) is 6.32 Å². The van der Waals surface area contributed by atoms with Gasteiger partial charge in [0.05, 0.1) is 5.04 Å². The Morgan fingerprint density at radius 2 is 1.75 bits per heavy atom. The molecular formula is C14H20BNO7S. The zero-order valence-corrected chi connectivity index (χ0v) is 14.8. The minimum Gasteiger partial charge on any atom is -0.463 e. The molecule has 0 saturated carbocycles. The third-order valence-corrected chi connectivity index (χ3v) is 4.81. The van der Waals surface area contributed by atoms with Crippen molar-refractivity contribution in [2.75, 3.05) is 6.61 Å². The van der Waals surface area contributed by atoms with Gasteiger partial charge in [0.25, 0.3) is 0 Å². The number of rotatable bonds is 5. The van der Waals surface area contributed by atoms with Gasteiger partial charge >= 0.3 is 17.9 Å². The van der Waals surface area contributed by atoms with E-state index in [0.717, 1.165) is 11.4 Å². The van der Waals surface area contributed by atoms with Gasteiger partial charge in [-0.25, -0.2) is 0 Å². The van der Waals surface area contributed by atoms with Crippen LogP contribution >= 0.6 is 11.8 Å². The van der Waals surface area contributed by atoms with Crippen molar-refractivity contribution in [2.45, 2.75) is 56.9 Å². The third kappa shape index (κ3) is 4.51. The molecular weight excluding hydrogens is 337 g/mol. The maximum Gasteiger partial charge on any atom is 0.303 e. The van der Waals surface area contributed by atoms with Gasteiger partial charge < -0.3 is 18.9 Å². The summed E-state index contributed by atoms with van der Waals surface area (Å²) in [5.74, 6) is -1.53. The van der Waals surface area contributed by atoms with Crippen molar-refractivity contribution in [1.82, 2.24) is 0 Å². The van der Waals surface area contributed by atoms with E-state index in [2.05, 4.69) is 4.99 Å². The van der Waals surface area contributed by atoms with E-state index in [1.807, 2.05) is 7.85 Å². The van der Waals surface area contributed by atoms with E-state index in [0.29, 0.717) is 0 Å². The average Bonchev–Trinajstić information content (AvgIpc) is 2.89. The number of carbonyl (C=O) groups is 3. The van der Waals surface area contributed by atoms with E-state index in [4.69, 9.17) is 18.9 Å². The number of aliphatic imine (C=N–C) groups is 1. The molecule has 0 aromatic rings. The fourth-order valence-electron chi connectivity index (χ4n) is 2.62. The standard InChI is InChI=1S/C14H20BNO7S/c1-6(17)20-5-9-12(21-7(2)18)13(22-8(3)19)11-14(23-9)24-10(4-15)16-11/h9,11-14H,4-5,15H2,1-3H3/t9-,11?,12-,13-,14?/m1/s1. The smallest absolute Gasteiger partial charge is 0.303 e. The second-order valence-electron chi connectivity index (χ2n) is 5.48. The van der Waals surface area contributed by atoms with Gasteiger partial charge in [0, 0.05) is 20.8 Å². The largest absolute Gasteiger partial charge is 0.463 e. The van der Waals surface area contributed by atoms with E-state index in [1.54, 1.807) is 0 Å². The molecule has 5 atom stereocenters. The summed E-state index contributed by atoms with van der Waals surface area (Å²) in [5, 5.41) is 0.872. The Kier molecular flexibility index (Phi) is 6.28. The molecule has 2 aliphatic rings. The SMILES string of the molecule is BCC1=NC2C(O[C@H](COC(C)=O)[C@@H](OC(C)=O)[C@@H]2OC(C)=O)S1. The van der Waals surface area contributed by atoms with Crippen LogP contribution in [0.25, 0.3) is 0 Å². The molecule has 0 radical (unpaired) electrons. The van der Waals surface area contributed by atoms with Crippen LogP contribution in [0.3, 0.4) is 0 Å². The number of hydrogen-bond donors (Lipinski definition) is 0. The van der Waals surface area contributed by atoms with Gasteiger partial charge in [-0.05, 0) is 6.32 Å². The summed E-state index contributed by atoms with van der Waals surface area (Å²) >= 11 is 1.44. The predicted molar refractivity (Wildman–Crippen MR) is 88.6 cm³/mol. The van der Waals surface area contributed by atoms with Crippen LogP contribution in [0.1, 0.15) is 20.8 Å². The first-order chi connectivity index (χ1) is 11.3. The summed E-state index contributed by atoms with van der Waals surface area (Å²) in [6.45, 7) is 3.71. The normalized spacial score (nSPS) is 31.6. The number of carbonyl (C=O) groups excluding carboxylic acids is 3. The summed E-state index contributed by atoms with van der Waals surface area (Å²) in [7, 11) is 1.96. The maximum atomic E-state index is 11.5. The van der Waals surface area contributed by atoms with Crippen LogP contribution in [-0.2, 0) is 33.3 Å². The number of esters is 3. The highest BCUT2D eigenvalue weighted by Crippen LogP contribution is 2.39. The van der Waals surface area contributed by atoms with Gasteiger partial charge in [-0.15, -0.1) is 0 Å². The van der Waals surface area contributed by atoms with Crippen LogP contribution in [0.4, 0.5) is 0 Å². The first-order valence-corrected chi connectivity index (χ1v) is 8.56. The van der Waals surface area contributed by atoms with Gasteiger partial charge in [0.1, 0.15) is 32.0 Å². The zero-order chi connectivity index (χ0) is 17.9. The lowest BCUT2D eigenvalue weighted by Gasteiger charge is -2.41. The van der Waals surface area contributed by atoms with E-state index in [1.165, 1.54) is 32.5 Å². The quantitative estimate of drug-likeness (QED) is 0.376. The van der Waals surface area contributed by atoms with Crippen LogP contribution < -0.4 is 0 Å². The second kappa shape index (κ2) is 8.02. The highest BCUT2D eigenvalue weighted by Gasteiger charge is 2.52. The molecule has 0 amide bonds. The number of fused-ring (bicyclic) bond motifs is 1. The molecule has 0 spiro atoms. The predicted octanol–water partition coefficient (Wildman–Crippen LogP) is -0.297. The molecule has 0 bridgehead atoms. The summed E-state index contributed by atoms with van der Waals surface area (Å²) in [6, 6.07) is -0.466. The van der Waals surface area contributed by atoms with Gasteiger partial charge in [0.2, 0.25) is 0 Å². The van der Waals surface area contributed by atoms with E-state index >= 15 is 0 Å². The lowest BCUT2D eigenvalue weighted by Crippen LogP contribution is -2.59. The first kappa shape index (κ1) is 18.8. The minimum absolute atomic E-state index is 0.101. The van der Waals surface area contributed by atoms with Crippen molar-refractivity contribution in [3.8, 4) is 0 Å². The van der Waals surface area contributed by atoms with Crippen molar-refractivity contribution in [3.05, 3.63) is 0 Å². The molecule has 2 rings (SSSR count). The van der Waals surface area contributed by atoms with Crippen molar-refractivity contribution < 1.29 is 33.3 Å². The Morgan fingerprint density at radius 3 is 2.29 bits per heavy atom. The topological polar surface area (TPSA) is 100 Å². The van der Waals surface area contributed by atoms with Crippen molar-refractivity contribution in [2.24, 2.45) is 4.99 Å². The fraction of sp³-hybridized carbons (Fsp3) is 0.714. The average molecular weight is 357 g/mol. The summed E-state index contributed by atoms with van der Waals surface area (Å²) in [6.07, 6.45) is -1.70. The van der Waals surface area contributed by atoms with Gasteiger partial charge in [-0.1, -0.05) is 11.8 Å². The first-order valence-electron chi connectivity index (χ1n) is 7.68. The van der Waals surface area contributed by atoms with Gasteiger partial charge in [0.15, 0.2) is 12.2 Å². The molecule has 2 heterocycles.